The number of benzene rings is 3. The van der Waals surface area contributed by atoms with Gasteiger partial charge in [0.2, 0.25) is 0 Å². The first-order chi connectivity index (χ1) is 12.2. The molecule has 0 atom stereocenters. The molecule has 0 spiro atoms. The third-order valence-electron chi connectivity index (χ3n) is 3.92. The van der Waals surface area contributed by atoms with E-state index in [0.29, 0.717) is 0 Å². The van der Waals surface area contributed by atoms with Crippen LogP contribution in [0.5, 0.6) is 0 Å². The van der Waals surface area contributed by atoms with Gasteiger partial charge in [0.15, 0.2) is 17.3 Å². The molecule has 7 nitrogen and oxygen atoms in total. The molecule has 0 fully saturated rings. The summed E-state index contributed by atoms with van der Waals surface area (Å²) in [5, 5.41) is 19.6. The van der Waals surface area contributed by atoms with Crippen LogP contribution in [0, 0.1) is 0 Å². The summed E-state index contributed by atoms with van der Waals surface area (Å²) in [5.74, 6) is 0.117. The molecule has 122 valence electrons. The van der Waals surface area contributed by atoms with E-state index >= 15 is 0 Å². The highest BCUT2D eigenvalue weighted by Crippen LogP contribution is 2.27. The molecule has 0 bridgehead atoms. The van der Waals surface area contributed by atoms with Gasteiger partial charge >= 0.3 is 0 Å². The lowest BCUT2D eigenvalue weighted by molar-refractivity contribution is 0.308. The fourth-order valence-corrected chi connectivity index (χ4v) is 2.76. The number of fused-ring (bicyclic) bond motifs is 2. The first kappa shape index (κ1) is 14.8. The lowest BCUT2D eigenvalue weighted by Gasteiger charge is -2.07. The van der Waals surface area contributed by atoms with E-state index in [-0.39, 0.29) is 17.3 Å². The van der Waals surface area contributed by atoms with Gasteiger partial charge in [-0.05, 0) is 37.9 Å². The number of hydrogen-bond acceptors (Lipinski definition) is 6. The van der Waals surface area contributed by atoms with Crippen molar-refractivity contribution in [1.82, 2.24) is 10.3 Å². The van der Waals surface area contributed by atoms with Gasteiger partial charge in [-0.2, -0.15) is 5.10 Å². The van der Waals surface area contributed by atoms with Gasteiger partial charge in [0.1, 0.15) is 0 Å². The summed E-state index contributed by atoms with van der Waals surface area (Å²) < 4.78 is 4.51. The second kappa shape index (κ2) is 6.04. The van der Waals surface area contributed by atoms with Crippen LogP contribution in [0.4, 0.5) is 5.82 Å². The number of nitrogens with two attached hydrogens (primary N) is 2. The topological polar surface area (TPSA) is 116 Å². The third kappa shape index (κ3) is 2.67. The van der Waals surface area contributed by atoms with E-state index in [1.165, 1.54) is 0 Å². The molecule has 1 heterocycles. The van der Waals surface area contributed by atoms with Crippen LogP contribution in [0.15, 0.2) is 69.4 Å². The summed E-state index contributed by atoms with van der Waals surface area (Å²) in [7, 11) is 0. The second-order valence-electron chi connectivity index (χ2n) is 5.46. The largest absolute Gasteiger partial charge is 0.380 e. The van der Waals surface area contributed by atoms with Gasteiger partial charge in [-0.3, -0.25) is 0 Å². The average Bonchev–Trinajstić information content (AvgIpc) is 3.07. The van der Waals surface area contributed by atoms with Crippen molar-refractivity contribution in [3.05, 3.63) is 65.9 Å². The van der Waals surface area contributed by atoms with Crippen LogP contribution in [0.3, 0.4) is 0 Å². The Kier molecular flexibility index (Phi) is 3.59. The summed E-state index contributed by atoms with van der Waals surface area (Å²) >= 11 is 0. The van der Waals surface area contributed by atoms with Crippen molar-refractivity contribution in [2.24, 2.45) is 15.9 Å². The van der Waals surface area contributed by atoms with E-state index in [1.54, 1.807) is 6.21 Å². The summed E-state index contributed by atoms with van der Waals surface area (Å²) in [6, 6.07) is 18.4. The molecule has 0 unspecified atom stereocenters. The molecule has 3 aromatic carbocycles. The van der Waals surface area contributed by atoms with Crippen LogP contribution >= 0.6 is 0 Å². The lowest BCUT2D eigenvalue weighted by atomic mass is 9.97. The number of nitrogen functional groups attached to an aromatic ring is 1. The minimum absolute atomic E-state index is 0.0412. The van der Waals surface area contributed by atoms with Crippen LogP contribution in [0.25, 0.3) is 21.5 Å². The van der Waals surface area contributed by atoms with Crippen molar-refractivity contribution in [1.29, 1.82) is 0 Å². The highest BCUT2D eigenvalue weighted by atomic mass is 16.6. The first-order valence-electron chi connectivity index (χ1n) is 7.59. The summed E-state index contributed by atoms with van der Waals surface area (Å²) in [6.07, 6.45) is 1.68. The molecule has 25 heavy (non-hydrogen) atoms. The molecule has 0 saturated carbocycles. The Balaban J connectivity index is 1.83. The van der Waals surface area contributed by atoms with Crippen molar-refractivity contribution in [3.63, 3.8) is 0 Å². The zero-order valence-corrected chi connectivity index (χ0v) is 13.1. The Morgan fingerprint density at radius 3 is 2.20 bits per heavy atom. The molecule has 0 saturated heterocycles. The number of amidine groups is 1. The minimum Gasteiger partial charge on any atom is -0.380 e. The first-order valence-corrected chi connectivity index (χ1v) is 7.59. The van der Waals surface area contributed by atoms with Gasteiger partial charge in [-0.25, -0.2) is 4.63 Å². The van der Waals surface area contributed by atoms with Crippen LogP contribution in [0.2, 0.25) is 0 Å². The smallest absolute Gasteiger partial charge is 0.199 e. The molecular weight excluding hydrogens is 316 g/mol. The molecule has 0 radical (unpaired) electrons. The van der Waals surface area contributed by atoms with E-state index in [0.717, 1.165) is 27.1 Å². The molecule has 4 N–H and O–H groups in total. The lowest BCUT2D eigenvalue weighted by Crippen LogP contribution is -2.15. The van der Waals surface area contributed by atoms with Crippen molar-refractivity contribution < 1.29 is 4.63 Å². The van der Waals surface area contributed by atoms with Gasteiger partial charge < -0.3 is 11.5 Å². The maximum atomic E-state index is 5.82. The van der Waals surface area contributed by atoms with Crippen LogP contribution in [-0.2, 0) is 0 Å². The Morgan fingerprint density at radius 1 is 0.960 bits per heavy atom. The number of rotatable bonds is 3. The predicted molar refractivity (Wildman–Crippen MR) is 98.5 cm³/mol. The van der Waals surface area contributed by atoms with Gasteiger partial charge in [0.05, 0.1) is 6.21 Å². The monoisotopic (exact) mass is 330 g/mol. The molecule has 0 aliphatic heterocycles. The van der Waals surface area contributed by atoms with E-state index in [4.69, 9.17) is 11.5 Å². The standard InChI is InChI=1S/C18H14N6O/c19-17(16-18(20)24-25-23-16)22-21-10-15-13-7-3-1-5-11(13)9-12-6-2-4-8-14(12)15/h1-10H,(H2,19,22)(H2,20,24)/b21-10+. The number of anilines is 1. The quantitative estimate of drug-likeness (QED) is 0.259. The molecule has 0 amide bonds. The second-order valence-corrected chi connectivity index (χ2v) is 5.46. The Hall–Kier alpha value is -3.74. The average molecular weight is 330 g/mol. The number of aromatic nitrogens is 2. The SMILES string of the molecule is N/C(=N\N=C\c1c2ccccc2cc2ccccc12)c1nonc1N. The van der Waals surface area contributed by atoms with E-state index < -0.39 is 0 Å². The summed E-state index contributed by atoms with van der Waals surface area (Å²) in [4.78, 5) is 0. The van der Waals surface area contributed by atoms with Crippen LogP contribution < -0.4 is 11.5 Å². The molecule has 0 aliphatic rings. The fourth-order valence-electron chi connectivity index (χ4n) is 2.76. The molecule has 0 aliphatic carbocycles. The van der Waals surface area contributed by atoms with E-state index in [1.807, 2.05) is 24.3 Å². The van der Waals surface area contributed by atoms with Crippen molar-refractivity contribution >= 4 is 39.4 Å². The zero-order chi connectivity index (χ0) is 17.2. The number of nitrogens with zero attached hydrogens (tertiary/aromatic N) is 4. The van der Waals surface area contributed by atoms with Crippen molar-refractivity contribution in [2.75, 3.05) is 5.73 Å². The highest BCUT2D eigenvalue weighted by molar-refractivity contribution is 6.13. The van der Waals surface area contributed by atoms with Crippen molar-refractivity contribution in [3.8, 4) is 0 Å². The Labute approximate surface area is 142 Å². The maximum absolute atomic E-state index is 5.82. The van der Waals surface area contributed by atoms with Gasteiger partial charge in [-0.15, -0.1) is 5.10 Å². The van der Waals surface area contributed by atoms with Crippen molar-refractivity contribution in [2.45, 2.75) is 0 Å². The molecule has 1 aromatic heterocycles. The van der Waals surface area contributed by atoms with Gasteiger partial charge in [0, 0.05) is 5.56 Å². The molecular formula is C18H14N6O. The molecule has 7 heteroatoms. The Morgan fingerprint density at radius 2 is 1.60 bits per heavy atom. The van der Waals surface area contributed by atoms with Gasteiger partial charge in [-0.1, -0.05) is 48.5 Å². The van der Waals surface area contributed by atoms with Crippen LogP contribution in [0.1, 0.15) is 11.3 Å². The molecule has 4 rings (SSSR count). The highest BCUT2D eigenvalue weighted by Gasteiger charge is 2.10. The minimum atomic E-state index is 0.0412. The fraction of sp³-hybridized carbons (Fsp3) is 0. The third-order valence-corrected chi connectivity index (χ3v) is 3.92. The van der Waals surface area contributed by atoms with Crippen LogP contribution in [-0.4, -0.2) is 22.4 Å². The summed E-state index contributed by atoms with van der Waals surface area (Å²) in [5.41, 5.74) is 12.6. The summed E-state index contributed by atoms with van der Waals surface area (Å²) in [6.45, 7) is 0. The van der Waals surface area contributed by atoms with E-state index in [2.05, 4.69) is 55.5 Å². The Bertz CT molecular complexity index is 1070. The normalized spacial score (nSPS) is 12.4. The maximum Gasteiger partial charge on any atom is 0.199 e. The zero-order valence-electron chi connectivity index (χ0n) is 13.1. The molecule has 4 aromatic rings. The number of hydrogen-bond donors (Lipinski definition) is 2. The predicted octanol–water partition coefficient (Wildman–Crippen LogP) is 2.70. The van der Waals surface area contributed by atoms with Gasteiger partial charge in [0.25, 0.3) is 0 Å². The van der Waals surface area contributed by atoms with E-state index in [9.17, 15) is 0 Å².